The summed E-state index contributed by atoms with van der Waals surface area (Å²) in [6.07, 6.45) is 2.11. The Morgan fingerprint density at radius 2 is 2.17 bits per heavy atom. The lowest BCUT2D eigenvalue weighted by molar-refractivity contribution is -0.153. The summed E-state index contributed by atoms with van der Waals surface area (Å²) in [4.78, 5) is 25.9. The Bertz CT molecular complexity index is 1040. The van der Waals surface area contributed by atoms with Crippen molar-refractivity contribution >= 4 is 28.9 Å². The van der Waals surface area contributed by atoms with Gasteiger partial charge in [-0.05, 0) is 43.5 Å². The van der Waals surface area contributed by atoms with Crippen LogP contribution in [0.2, 0.25) is 0 Å². The van der Waals surface area contributed by atoms with Gasteiger partial charge in [0.2, 0.25) is 0 Å². The molecule has 3 aromatic rings. The van der Waals surface area contributed by atoms with Crippen LogP contribution >= 0.6 is 11.3 Å². The van der Waals surface area contributed by atoms with Gasteiger partial charge in [-0.1, -0.05) is 6.07 Å². The van der Waals surface area contributed by atoms with Crippen LogP contribution in [-0.2, 0) is 20.9 Å². The highest BCUT2D eigenvalue weighted by molar-refractivity contribution is 7.12. The van der Waals surface area contributed by atoms with Crippen molar-refractivity contribution in [1.82, 2.24) is 14.8 Å². The number of rotatable bonds is 6. The normalized spacial score (nSPS) is 16.1. The molecule has 0 spiro atoms. The van der Waals surface area contributed by atoms with Gasteiger partial charge in [0.15, 0.2) is 6.61 Å². The van der Waals surface area contributed by atoms with E-state index >= 15 is 0 Å². The molecule has 4 heterocycles. The zero-order valence-corrected chi connectivity index (χ0v) is 16.9. The number of furan rings is 1. The molecule has 9 heteroatoms. The monoisotopic (exact) mass is 412 g/mol. The van der Waals surface area contributed by atoms with Crippen LogP contribution < -0.4 is 0 Å². The molecule has 8 nitrogen and oxygen atoms in total. The molecular formula is C20H20N4O4S. The third kappa shape index (κ3) is 4.14. The molecule has 0 fully saturated rings. The van der Waals surface area contributed by atoms with E-state index in [1.165, 1.54) is 5.01 Å². The second-order valence-corrected chi connectivity index (χ2v) is 7.69. The van der Waals surface area contributed by atoms with Gasteiger partial charge in [0.25, 0.3) is 5.91 Å². The molecule has 1 aliphatic rings. The number of aryl methyl sites for hydroxylation is 2. The molecule has 0 aliphatic carbocycles. The molecular weight excluding hydrogens is 392 g/mol. The highest BCUT2D eigenvalue weighted by Gasteiger charge is 2.35. The summed E-state index contributed by atoms with van der Waals surface area (Å²) in [5.74, 6) is -0.289. The zero-order valence-electron chi connectivity index (χ0n) is 16.1. The third-order valence-electron chi connectivity index (χ3n) is 4.58. The van der Waals surface area contributed by atoms with Crippen LogP contribution in [0.4, 0.5) is 0 Å². The summed E-state index contributed by atoms with van der Waals surface area (Å²) >= 11 is 1.56. The Balaban J connectivity index is 1.43. The van der Waals surface area contributed by atoms with Crippen molar-refractivity contribution in [2.24, 2.45) is 5.10 Å². The van der Waals surface area contributed by atoms with Crippen LogP contribution in [-0.4, -0.2) is 39.0 Å². The fraction of sp³-hybridized carbons (Fsp3) is 0.300. The Hall–Kier alpha value is -3.20. The van der Waals surface area contributed by atoms with Crippen molar-refractivity contribution in [2.75, 3.05) is 6.61 Å². The lowest BCUT2D eigenvalue weighted by atomic mass is 10.1. The molecule has 1 aliphatic heterocycles. The average molecular weight is 412 g/mol. The van der Waals surface area contributed by atoms with Gasteiger partial charge < -0.3 is 9.15 Å². The first-order valence-electron chi connectivity index (χ1n) is 9.15. The van der Waals surface area contributed by atoms with Gasteiger partial charge in [-0.25, -0.2) is 5.01 Å². The van der Waals surface area contributed by atoms with Crippen LogP contribution in [0, 0.1) is 13.8 Å². The van der Waals surface area contributed by atoms with Gasteiger partial charge in [0, 0.05) is 12.1 Å². The van der Waals surface area contributed by atoms with E-state index < -0.39 is 18.5 Å². The minimum absolute atomic E-state index is 0.0434. The maximum absolute atomic E-state index is 12.8. The molecule has 0 saturated heterocycles. The first-order valence-corrected chi connectivity index (χ1v) is 10.0. The Morgan fingerprint density at radius 1 is 1.31 bits per heavy atom. The van der Waals surface area contributed by atoms with Crippen LogP contribution in [0.5, 0.6) is 0 Å². The molecule has 29 heavy (non-hydrogen) atoms. The Morgan fingerprint density at radius 3 is 2.83 bits per heavy atom. The van der Waals surface area contributed by atoms with Crippen molar-refractivity contribution in [2.45, 2.75) is 32.9 Å². The summed E-state index contributed by atoms with van der Waals surface area (Å²) in [5, 5.41) is 12.0. The third-order valence-corrected chi connectivity index (χ3v) is 5.50. The predicted octanol–water partition coefficient (Wildman–Crippen LogP) is 3.08. The first-order chi connectivity index (χ1) is 14.0. The summed E-state index contributed by atoms with van der Waals surface area (Å²) in [6, 6.07) is 9.00. The van der Waals surface area contributed by atoms with E-state index in [1.807, 2.05) is 43.5 Å². The molecule has 3 aromatic heterocycles. The lowest BCUT2D eigenvalue weighted by Crippen LogP contribution is -2.31. The van der Waals surface area contributed by atoms with Gasteiger partial charge in [-0.2, -0.15) is 10.2 Å². The molecule has 1 atom stereocenters. The van der Waals surface area contributed by atoms with E-state index in [-0.39, 0.29) is 12.6 Å². The fourth-order valence-corrected chi connectivity index (χ4v) is 3.97. The number of hydrogen-bond donors (Lipinski definition) is 0. The highest BCUT2D eigenvalue weighted by atomic mass is 32.1. The van der Waals surface area contributed by atoms with E-state index in [0.29, 0.717) is 12.2 Å². The number of carbonyl (C=O) groups excluding carboxylic acids is 2. The molecule has 0 radical (unpaired) electrons. The topological polar surface area (TPSA) is 89.9 Å². The van der Waals surface area contributed by atoms with E-state index in [1.54, 1.807) is 28.3 Å². The number of amides is 1. The largest absolute Gasteiger partial charge is 0.467 e. The fourth-order valence-electron chi connectivity index (χ4n) is 3.25. The summed E-state index contributed by atoms with van der Waals surface area (Å²) < 4.78 is 12.2. The van der Waals surface area contributed by atoms with Crippen molar-refractivity contribution in [3.8, 4) is 0 Å². The van der Waals surface area contributed by atoms with Gasteiger partial charge in [-0.15, -0.1) is 11.3 Å². The smallest absolute Gasteiger partial charge is 0.328 e. The van der Waals surface area contributed by atoms with Crippen molar-refractivity contribution in [3.05, 3.63) is 64.0 Å². The van der Waals surface area contributed by atoms with Gasteiger partial charge in [-0.3, -0.25) is 14.3 Å². The van der Waals surface area contributed by atoms with E-state index in [0.717, 1.165) is 22.0 Å². The summed E-state index contributed by atoms with van der Waals surface area (Å²) in [5.41, 5.74) is 2.48. The molecule has 0 N–H and O–H groups in total. The maximum Gasteiger partial charge on any atom is 0.328 e. The van der Waals surface area contributed by atoms with Crippen LogP contribution in [0.1, 0.15) is 34.5 Å². The van der Waals surface area contributed by atoms with Crippen molar-refractivity contribution < 1.29 is 18.7 Å². The molecule has 0 aromatic carbocycles. The van der Waals surface area contributed by atoms with Crippen molar-refractivity contribution in [1.29, 1.82) is 0 Å². The minimum atomic E-state index is -0.527. The van der Waals surface area contributed by atoms with Gasteiger partial charge in [0.1, 0.15) is 18.3 Å². The maximum atomic E-state index is 12.8. The van der Waals surface area contributed by atoms with Gasteiger partial charge >= 0.3 is 5.97 Å². The number of hydrazone groups is 1. The second kappa shape index (κ2) is 8.04. The molecule has 1 unspecified atom stereocenters. The number of esters is 1. The van der Waals surface area contributed by atoms with Crippen LogP contribution in [0.15, 0.2) is 51.5 Å². The molecule has 150 valence electrons. The number of nitrogens with zero attached hydrogens (tertiary/aromatic N) is 4. The van der Waals surface area contributed by atoms with Crippen LogP contribution in [0.25, 0.3) is 0 Å². The summed E-state index contributed by atoms with van der Waals surface area (Å²) in [6.45, 7) is 3.27. The average Bonchev–Trinajstić information content (AvgIpc) is 3.47. The number of carbonyl (C=O) groups is 2. The number of hydrogen-bond acceptors (Lipinski definition) is 7. The standard InChI is InChI=1S/C20H20N4O4S/c1-13-9-14(2)23(21-13)11-20(26)28-12-19(25)24-16(17-5-3-7-27-17)10-15(22-24)18-6-4-8-29-18/h3-9,16H,10-12H2,1-2H3. The number of ether oxygens (including phenoxy) is 1. The lowest BCUT2D eigenvalue weighted by Gasteiger charge is -2.19. The highest BCUT2D eigenvalue weighted by Crippen LogP contribution is 2.34. The first kappa shape index (κ1) is 19.1. The molecule has 0 saturated carbocycles. The molecule has 4 rings (SSSR count). The van der Waals surface area contributed by atoms with E-state index in [4.69, 9.17) is 9.15 Å². The van der Waals surface area contributed by atoms with E-state index in [2.05, 4.69) is 10.2 Å². The minimum Gasteiger partial charge on any atom is -0.467 e. The number of thiophene rings is 1. The predicted molar refractivity (Wildman–Crippen MR) is 106 cm³/mol. The van der Waals surface area contributed by atoms with Crippen molar-refractivity contribution in [3.63, 3.8) is 0 Å². The summed E-state index contributed by atoms with van der Waals surface area (Å²) in [7, 11) is 0. The SMILES string of the molecule is Cc1cc(C)n(CC(=O)OCC(=O)N2N=C(c3cccs3)CC2c2ccco2)n1. The number of aromatic nitrogens is 2. The van der Waals surface area contributed by atoms with Gasteiger partial charge in [0.05, 0.1) is 22.5 Å². The van der Waals surface area contributed by atoms with Crippen LogP contribution in [0.3, 0.4) is 0 Å². The Labute approximate surface area is 171 Å². The Kier molecular flexibility index (Phi) is 5.30. The molecule has 0 bridgehead atoms. The molecule has 1 amide bonds. The second-order valence-electron chi connectivity index (χ2n) is 6.74. The zero-order chi connectivity index (χ0) is 20.4. The quantitative estimate of drug-likeness (QED) is 0.581. The van der Waals surface area contributed by atoms with E-state index in [9.17, 15) is 9.59 Å².